The van der Waals surface area contributed by atoms with E-state index < -0.39 is 51.8 Å². The Labute approximate surface area is 190 Å². The first-order valence-electron chi connectivity index (χ1n) is 9.62. The molecule has 0 aliphatic carbocycles. The fourth-order valence-corrected chi connectivity index (χ4v) is 3.86. The van der Waals surface area contributed by atoms with Crippen molar-refractivity contribution in [1.82, 2.24) is 9.97 Å². The Morgan fingerprint density at radius 3 is 2.48 bits per heavy atom. The summed E-state index contributed by atoms with van der Waals surface area (Å²) in [6, 6.07) is 3.87. The third kappa shape index (κ3) is 7.31. The van der Waals surface area contributed by atoms with Gasteiger partial charge in [-0.3, -0.25) is 9.62 Å². The lowest BCUT2D eigenvalue weighted by molar-refractivity contribution is -0.154. The quantitative estimate of drug-likeness (QED) is 0.304. The lowest BCUT2D eigenvalue weighted by Crippen LogP contribution is -2.43. The van der Waals surface area contributed by atoms with Crippen molar-refractivity contribution in [2.45, 2.75) is 37.6 Å². The molecule has 0 saturated carbocycles. The molecule has 33 heavy (non-hydrogen) atoms. The van der Waals surface area contributed by atoms with Crippen molar-refractivity contribution in [3.8, 4) is 5.88 Å². The van der Waals surface area contributed by atoms with Gasteiger partial charge in [-0.2, -0.15) is 13.2 Å². The molecule has 2 rings (SSSR count). The van der Waals surface area contributed by atoms with E-state index in [2.05, 4.69) is 14.7 Å². The van der Waals surface area contributed by atoms with Gasteiger partial charge in [-0.15, -0.1) is 0 Å². The molecule has 2 aromatic rings. The number of ether oxygens (including phenoxy) is 1. The number of hydrogen-bond acceptors (Lipinski definition) is 5. The lowest BCUT2D eigenvalue weighted by atomic mass is 9.99. The summed E-state index contributed by atoms with van der Waals surface area (Å²) in [6.07, 6.45) is -1.71. The van der Waals surface area contributed by atoms with Crippen LogP contribution < -0.4 is 10.5 Å². The van der Waals surface area contributed by atoms with Crippen molar-refractivity contribution in [2.24, 2.45) is 5.73 Å². The second-order valence-electron chi connectivity index (χ2n) is 7.75. The molecule has 0 saturated heterocycles. The van der Waals surface area contributed by atoms with Crippen LogP contribution in [0.2, 0.25) is 0 Å². The average Bonchev–Trinajstić information content (AvgIpc) is 2.73. The van der Waals surface area contributed by atoms with Crippen LogP contribution in [-0.2, 0) is 10.8 Å². The number of amidine groups is 1. The number of aromatic nitrogens is 2. The van der Waals surface area contributed by atoms with Gasteiger partial charge < -0.3 is 10.5 Å². The van der Waals surface area contributed by atoms with Crippen molar-refractivity contribution in [1.29, 1.82) is 5.41 Å². The van der Waals surface area contributed by atoms with Crippen molar-refractivity contribution in [2.75, 3.05) is 12.4 Å². The van der Waals surface area contributed by atoms with Crippen molar-refractivity contribution < 1.29 is 30.9 Å². The molecule has 2 atom stereocenters. The minimum absolute atomic E-state index is 0.0318. The van der Waals surface area contributed by atoms with Gasteiger partial charge in [0.25, 0.3) is 0 Å². The first-order valence-corrected chi connectivity index (χ1v) is 10.9. The maximum Gasteiger partial charge on any atom is 0.422 e. The molecule has 0 aliphatic rings. The standard InChI is InChI=1S/C21H23F5N4O2S/c1-12(10-33(31)20(2,3)19(27)28)14-6-13(4-5-15(14)22)7-16(23)17-8-30-18(9-29-17)32-11-21(24,25)26/h4-9,12H,10-11H2,1-3H3,(H3,27,28)/b16-7-. The SMILES string of the molecule is CC(CS(=O)C(C)(C)C(=N)N)c1cc(/C=C(\F)c2cnc(OCC(F)(F)F)cn2)ccc1F. The molecule has 0 fully saturated rings. The molecule has 2 unspecified atom stereocenters. The van der Waals surface area contributed by atoms with Crippen LogP contribution in [0.1, 0.15) is 43.5 Å². The Hall–Kier alpha value is -2.89. The van der Waals surface area contributed by atoms with Crippen LogP contribution >= 0.6 is 0 Å². The predicted molar refractivity (Wildman–Crippen MR) is 116 cm³/mol. The highest BCUT2D eigenvalue weighted by Crippen LogP contribution is 2.27. The number of nitrogens with zero attached hydrogens (tertiary/aromatic N) is 2. The average molecular weight is 490 g/mol. The molecule has 0 bridgehead atoms. The van der Waals surface area contributed by atoms with Gasteiger partial charge in [-0.25, -0.2) is 18.7 Å². The molecule has 0 amide bonds. The summed E-state index contributed by atoms with van der Waals surface area (Å²) in [4.78, 5) is 7.28. The Morgan fingerprint density at radius 1 is 1.27 bits per heavy atom. The van der Waals surface area contributed by atoms with Gasteiger partial charge in [-0.1, -0.05) is 13.0 Å². The molecule has 6 nitrogen and oxygen atoms in total. The van der Waals surface area contributed by atoms with E-state index in [4.69, 9.17) is 11.1 Å². The number of benzene rings is 1. The number of nitrogens with two attached hydrogens (primary N) is 1. The molecular formula is C21H23F5N4O2S. The number of rotatable bonds is 9. The highest BCUT2D eigenvalue weighted by Gasteiger charge is 2.31. The number of alkyl halides is 3. The molecule has 1 aromatic heterocycles. The molecular weight excluding hydrogens is 467 g/mol. The van der Waals surface area contributed by atoms with Crippen LogP contribution in [0.15, 0.2) is 30.6 Å². The third-order valence-electron chi connectivity index (χ3n) is 4.72. The zero-order valence-corrected chi connectivity index (χ0v) is 18.9. The third-order valence-corrected chi connectivity index (χ3v) is 6.88. The van der Waals surface area contributed by atoms with E-state index in [0.717, 1.165) is 24.5 Å². The first-order chi connectivity index (χ1) is 15.2. The molecule has 0 aliphatic heterocycles. The molecule has 12 heteroatoms. The number of nitrogens with one attached hydrogen (secondary N) is 1. The smallest absolute Gasteiger partial charge is 0.422 e. The minimum atomic E-state index is -4.54. The van der Waals surface area contributed by atoms with Gasteiger partial charge in [-0.05, 0) is 49.1 Å². The maximum absolute atomic E-state index is 14.6. The summed E-state index contributed by atoms with van der Waals surface area (Å²) in [7, 11) is -1.56. The van der Waals surface area contributed by atoms with Crippen LogP contribution in [0.3, 0.4) is 0 Å². The Kier molecular flexibility index (Phi) is 8.28. The van der Waals surface area contributed by atoms with Crippen molar-refractivity contribution in [3.05, 3.63) is 53.2 Å². The monoisotopic (exact) mass is 490 g/mol. The highest BCUT2D eigenvalue weighted by molar-refractivity contribution is 7.87. The largest absolute Gasteiger partial charge is 0.467 e. The fraction of sp³-hybridized carbons (Fsp3) is 0.381. The summed E-state index contributed by atoms with van der Waals surface area (Å²) in [5.74, 6) is -2.57. The van der Waals surface area contributed by atoms with Gasteiger partial charge in [0.05, 0.1) is 17.1 Å². The van der Waals surface area contributed by atoms with Crippen LogP contribution in [-0.4, -0.2) is 43.3 Å². The molecule has 1 aromatic carbocycles. The minimum Gasteiger partial charge on any atom is -0.467 e. The molecule has 3 N–H and O–H groups in total. The van der Waals surface area contributed by atoms with Crippen LogP contribution in [0.4, 0.5) is 22.0 Å². The first kappa shape index (κ1) is 26.4. The normalized spacial score (nSPS) is 14.6. The fourth-order valence-electron chi connectivity index (χ4n) is 2.57. The van der Waals surface area contributed by atoms with Gasteiger partial charge in [0.1, 0.15) is 17.3 Å². The maximum atomic E-state index is 14.6. The topological polar surface area (TPSA) is 102 Å². The lowest BCUT2D eigenvalue weighted by Gasteiger charge is -2.24. The summed E-state index contributed by atoms with van der Waals surface area (Å²) >= 11 is 0. The van der Waals surface area contributed by atoms with Gasteiger partial charge in [0, 0.05) is 16.6 Å². The van der Waals surface area contributed by atoms with E-state index in [0.29, 0.717) is 0 Å². The van der Waals surface area contributed by atoms with E-state index in [-0.39, 0.29) is 28.4 Å². The Morgan fingerprint density at radius 2 is 1.94 bits per heavy atom. The molecule has 0 spiro atoms. The number of hydrogen-bond donors (Lipinski definition) is 2. The van der Waals surface area contributed by atoms with E-state index in [9.17, 15) is 26.2 Å². The van der Waals surface area contributed by atoms with Crippen molar-refractivity contribution in [3.63, 3.8) is 0 Å². The van der Waals surface area contributed by atoms with Crippen LogP contribution in [0.5, 0.6) is 5.88 Å². The summed E-state index contributed by atoms with van der Waals surface area (Å²) in [6.45, 7) is 3.22. The Bertz CT molecular complexity index is 1060. The van der Waals surface area contributed by atoms with Crippen LogP contribution in [0.25, 0.3) is 11.9 Å². The van der Waals surface area contributed by atoms with E-state index >= 15 is 0 Å². The van der Waals surface area contributed by atoms with E-state index in [1.807, 2.05) is 0 Å². The second-order valence-corrected chi connectivity index (χ2v) is 9.80. The predicted octanol–water partition coefficient (Wildman–Crippen LogP) is 4.59. The molecule has 1 heterocycles. The summed E-state index contributed by atoms with van der Waals surface area (Å²) < 4.78 is 81.4. The molecule has 0 radical (unpaired) electrons. The van der Waals surface area contributed by atoms with Crippen LogP contribution in [0, 0.1) is 11.2 Å². The Balaban J connectivity index is 2.19. The van der Waals surface area contributed by atoms with E-state index in [1.54, 1.807) is 20.8 Å². The van der Waals surface area contributed by atoms with E-state index in [1.165, 1.54) is 12.1 Å². The summed E-state index contributed by atoms with van der Waals surface area (Å²) in [5.41, 5.74) is 5.72. The van der Waals surface area contributed by atoms with Gasteiger partial charge >= 0.3 is 6.18 Å². The number of halogens is 5. The zero-order valence-electron chi connectivity index (χ0n) is 18.0. The van der Waals surface area contributed by atoms with Crippen molar-refractivity contribution >= 4 is 28.5 Å². The van der Waals surface area contributed by atoms with Gasteiger partial charge in [0.15, 0.2) is 12.4 Å². The second kappa shape index (κ2) is 10.4. The summed E-state index contributed by atoms with van der Waals surface area (Å²) in [5, 5.41) is 7.57. The van der Waals surface area contributed by atoms with Gasteiger partial charge in [0.2, 0.25) is 5.88 Å². The molecule has 180 valence electrons. The highest BCUT2D eigenvalue weighted by atomic mass is 32.2. The zero-order chi connectivity index (χ0) is 25.0.